The molecule has 0 aliphatic heterocycles. The fourth-order valence-corrected chi connectivity index (χ4v) is 2.27. The third-order valence-corrected chi connectivity index (χ3v) is 3.40. The average molecular weight is 365 g/mol. The number of ether oxygens (including phenoxy) is 1. The molecule has 0 aromatic carbocycles. The van der Waals surface area contributed by atoms with E-state index in [4.69, 9.17) is 4.74 Å². The van der Waals surface area contributed by atoms with Crippen molar-refractivity contribution >= 4 is 47.7 Å². The van der Waals surface area contributed by atoms with Gasteiger partial charge in [0.15, 0.2) is 0 Å². The molecule has 0 spiro atoms. The monoisotopic (exact) mass is 365 g/mol. The highest BCUT2D eigenvalue weighted by Crippen LogP contribution is 2.15. The van der Waals surface area contributed by atoms with Gasteiger partial charge in [-0.05, 0) is 39.2 Å². The normalized spacial score (nSPS) is 10.4. The zero-order valence-corrected chi connectivity index (χ0v) is 12.7. The van der Waals surface area contributed by atoms with Crippen molar-refractivity contribution in [1.29, 1.82) is 0 Å². The number of rotatable bonds is 5. The lowest BCUT2D eigenvalue weighted by Crippen LogP contribution is -1.96. The van der Waals surface area contributed by atoms with Crippen LogP contribution in [-0.2, 0) is 4.74 Å². The molecule has 16 heavy (non-hydrogen) atoms. The van der Waals surface area contributed by atoms with Crippen LogP contribution in [0.4, 0.5) is 0 Å². The molecule has 1 heterocycles. The molecule has 0 aliphatic rings. The second-order valence-electron chi connectivity index (χ2n) is 2.74. The summed E-state index contributed by atoms with van der Waals surface area (Å²) in [6.45, 7) is 4.15. The Bertz CT molecular complexity index is 392. The van der Waals surface area contributed by atoms with Gasteiger partial charge in [0.2, 0.25) is 0 Å². The second-order valence-corrected chi connectivity index (χ2v) is 5.53. The molecule has 0 fully saturated rings. The number of hydrogen-bond acceptors (Lipinski definition) is 4. The third kappa shape index (κ3) is 5.89. The van der Waals surface area contributed by atoms with E-state index in [-0.39, 0.29) is 0 Å². The molecule has 86 valence electrons. The van der Waals surface area contributed by atoms with E-state index in [9.17, 15) is 0 Å². The fourth-order valence-electron chi connectivity index (χ4n) is 0.975. The summed E-state index contributed by atoms with van der Waals surface area (Å²) in [4.78, 5) is 6.50. The minimum absolute atomic E-state index is 0.691. The van der Waals surface area contributed by atoms with Gasteiger partial charge in [0, 0.05) is 38.9 Å². The second kappa shape index (κ2) is 9.05. The predicted octanol–water partition coefficient (Wildman–Crippen LogP) is 3.60. The molecular formula is C11H12INOS2. The number of thiophene rings is 1. The lowest BCUT2D eigenvalue weighted by Gasteiger charge is -1.94. The minimum Gasteiger partial charge on any atom is -0.380 e. The van der Waals surface area contributed by atoms with Crippen molar-refractivity contribution in [3.63, 3.8) is 0 Å². The van der Waals surface area contributed by atoms with E-state index in [1.807, 2.05) is 25.3 Å². The maximum absolute atomic E-state index is 5.19. The Morgan fingerprint density at radius 1 is 1.62 bits per heavy atom. The molecule has 0 unspecified atom stereocenters. The van der Waals surface area contributed by atoms with Crippen molar-refractivity contribution in [2.45, 2.75) is 6.92 Å². The first-order chi connectivity index (χ1) is 7.86. The van der Waals surface area contributed by atoms with E-state index in [1.54, 1.807) is 11.3 Å². The number of aliphatic imine (C=N–C) groups is 1. The molecule has 0 N–H and O–H groups in total. The summed E-state index contributed by atoms with van der Waals surface area (Å²) < 4.78 is 5.19. The van der Waals surface area contributed by atoms with E-state index in [0.717, 1.165) is 22.9 Å². The lowest BCUT2D eigenvalue weighted by molar-refractivity contribution is 0.156. The molecule has 0 saturated carbocycles. The molecule has 1 aromatic heterocycles. The van der Waals surface area contributed by atoms with Crippen molar-refractivity contribution in [2.75, 3.05) is 19.8 Å². The van der Waals surface area contributed by atoms with Crippen molar-refractivity contribution < 1.29 is 4.74 Å². The molecule has 5 heteroatoms. The summed E-state index contributed by atoms with van der Waals surface area (Å²) >= 11 is 3.82. The van der Waals surface area contributed by atoms with Crippen LogP contribution in [0.1, 0.15) is 16.7 Å². The van der Waals surface area contributed by atoms with Crippen LogP contribution in [-0.4, -0.2) is 26.0 Å². The van der Waals surface area contributed by atoms with Gasteiger partial charge < -0.3 is 4.74 Å². The smallest absolute Gasteiger partial charge is 0.0784 e. The van der Waals surface area contributed by atoms with Crippen LogP contribution in [0.2, 0.25) is 0 Å². The summed E-state index contributed by atoms with van der Waals surface area (Å²) in [5.74, 6) is 3.06. The summed E-state index contributed by atoms with van der Waals surface area (Å²) in [5, 5.41) is 2.96. The molecule has 1 rings (SSSR count). The first kappa shape index (κ1) is 14.0. The molecule has 0 radical (unpaired) electrons. The molecule has 0 atom stereocenters. The van der Waals surface area contributed by atoms with Gasteiger partial charge in [-0.1, -0.05) is 0 Å². The number of halogens is 1. The molecule has 0 bridgehead atoms. The van der Waals surface area contributed by atoms with Crippen LogP contribution in [0, 0.1) is 11.2 Å². The Labute approximate surface area is 116 Å². The van der Waals surface area contributed by atoms with Crippen LogP contribution in [0.15, 0.2) is 17.1 Å². The molecule has 0 saturated heterocycles. The van der Waals surface area contributed by atoms with Crippen molar-refractivity contribution in [3.8, 4) is 11.2 Å². The highest BCUT2D eigenvalue weighted by Gasteiger charge is 1.93. The predicted molar refractivity (Wildman–Crippen MR) is 81.8 cm³/mol. The van der Waals surface area contributed by atoms with Gasteiger partial charge in [0.1, 0.15) is 0 Å². The Hall–Kier alpha value is -0.0300. The zero-order valence-electron chi connectivity index (χ0n) is 8.90. The molecule has 1 aromatic rings. The third-order valence-electron chi connectivity index (χ3n) is 1.63. The van der Waals surface area contributed by atoms with Crippen molar-refractivity contribution in [2.24, 2.45) is 4.99 Å². The van der Waals surface area contributed by atoms with Crippen LogP contribution in [0.3, 0.4) is 0 Å². The Morgan fingerprint density at radius 2 is 2.50 bits per heavy atom. The van der Waals surface area contributed by atoms with Crippen LogP contribution in [0.25, 0.3) is 0 Å². The van der Waals surface area contributed by atoms with Gasteiger partial charge in [-0.2, -0.15) is 0 Å². The molecule has 0 aliphatic carbocycles. The lowest BCUT2D eigenvalue weighted by atomic mass is 10.4. The quantitative estimate of drug-likeness (QED) is 0.344. The van der Waals surface area contributed by atoms with Gasteiger partial charge in [0.05, 0.1) is 18.0 Å². The maximum Gasteiger partial charge on any atom is 0.0784 e. The summed E-state index contributed by atoms with van der Waals surface area (Å²) in [6, 6.07) is 4.06. The largest absolute Gasteiger partial charge is 0.380 e. The van der Waals surface area contributed by atoms with Crippen molar-refractivity contribution in [1.82, 2.24) is 0 Å². The number of hydrogen-bond donors (Lipinski definition) is 0. The topological polar surface area (TPSA) is 21.6 Å². The van der Waals surface area contributed by atoms with Gasteiger partial charge in [-0.3, -0.25) is 4.99 Å². The van der Waals surface area contributed by atoms with Crippen LogP contribution < -0.4 is 0 Å². The highest BCUT2D eigenvalue weighted by molar-refractivity contribution is 14.2. The van der Waals surface area contributed by atoms with E-state index in [1.165, 1.54) is 8.93 Å². The van der Waals surface area contributed by atoms with Gasteiger partial charge in [-0.25, -0.2) is 0 Å². The first-order valence-electron chi connectivity index (χ1n) is 4.82. The van der Waals surface area contributed by atoms with Crippen LogP contribution >= 0.6 is 41.5 Å². The van der Waals surface area contributed by atoms with E-state index < -0.39 is 0 Å². The van der Waals surface area contributed by atoms with Crippen LogP contribution in [0.5, 0.6) is 0 Å². The standard InChI is InChI=1S/C11H12INOS2/c1-2-14-7-6-13-9-11-4-3-10(16-11)5-8-15-12/h3-4,9H,2,6-7H2,1H3. The Morgan fingerprint density at radius 3 is 3.25 bits per heavy atom. The summed E-state index contributed by atoms with van der Waals surface area (Å²) in [7, 11) is 1.50. The van der Waals surface area contributed by atoms with Gasteiger partial charge in [-0.15, -0.1) is 11.3 Å². The van der Waals surface area contributed by atoms with Gasteiger partial charge >= 0.3 is 0 Å². The SMILES string of the molecule is CCOCCN=Cc1ccc(C#CSI)s1. The molecule has 0 amide bonds. The Kier molecular flexibility index (Phi) is 7.93. The molecular weight excluding hydrogens is 353 g/mol. The number of nitrogens with zero attached hydrogens (tertiary/aromatic N) is 1. The average Bonchev–Trinajstić information content (AvgIpc) is 2.74. The summed E-state index contributed by atoms with van der Waals surface area (Å²) in [5.41, 5.74) is 0. The molecule has 2 nitrogen and oxygen atoms in total. The summed E-state index contributed by atoms with van der Waals surface area (Å²) in [6.07, 6.45) is 1.88. The van der Waals surface area contributed by atoms with E-state index in [0.29, 0.717) is 6.61 Å². The minimum atomic E-state index is 0.691. The van der Waals surface area contributed by atoms with Gasteiger partial charge in [0.25, 0.3) is 0 Å². The van der Waals surface area contributed by atoms with E-state index in [2.05, 4.69) is 37.4 Å². The highest BCUT2D eigenvalue weighted by atomic mass is 127. The van der Waals surface area contributed by atoms with Crippen molar-refractivity contribution in [3.05, 3.63) is 21.9 Å². The fraction of sp³-hybridized carbons (Fsp3) is 0.364. The first-order valence-corrected chi connectivity index (χ1v) is 9.00. The zero-order chi connectivity index (χ0) is 11.6. The van der Waals surface area contributed by atoms with E-state index >= 15 is 0 Å². The maximum atomic E-state index is 5.19. The Balaban J connectivity index is 2.39.